The van der Waals surface area contributed by atoms with Gasteiger partial charge in [-0.25, -0.2) is 0 Å². The Labute approximate surface area is 117 Å². The first kappa shape index (κ1) is 12.9. The lowest BCUT2D eigenvalue weighted by Crippen LogP contribution is -2.52. The van der Waals surface area contributed by atoms with Crippen LogP contribution in [0.5, 0.6) is 0 Å². The van der Waals surface area contributed by atoms with E-state index in [0.29, 0.717) is 17.4 Å². The van der Waals surface area contributed by atoms with Gasteiger partial charge in [0.2, 0.25) is 0 Å². The van der Waals surface area contributed by atoms with Crippen molar-refractivity contribution >= 4 is 22.5 Å². The van der Waals surface area contributed by atoms with Gasteiger partial charge in [0.05, 0.1) is 5.52 Å². The van der Waals surface area contributed by atoms with E-state index in [9.17, 15) is 4.79 Å². The summed E-state index contributed by atoms with van der Waals surface area (Å²) in [4.78, 5) is 16.7. The zero-order valence-electron chi connectivity index (χ0n) is 11.8. The number of fused-ring (bicyclic) bond motifs is 1. The number of aromatic amines is 1. The van der Waals surface area contributed by atoms with Crippen molar-refractivity contribution < 1.29 is 4.79 Å². The number of carbonyl (C=O) groups excluding carboxylic acids is 1. The maximum Gasteiger partial charge on any atom is 0.275 e. The van der Waals surface area contributed by atoms with E-state index in [1.807, 2.05) is 11.0 Å². The molecular weight excluding hydrogens is 254 g/mol. The molecule has 1 amide bonds. The van der Waals surface area contributed by atoms with Gasteiger partial charge < -0.3 is 15.5 Å². The fraction of sp³-hybridized carbons (Fsp3) is 0.429. The van der Waals surface area contributed by atoms with Crippen LogP contribution in [-0.4, -0.2) is 58.6 Å². The Hall–Kier alpha value is -2.08. The number of benzene rings is 1. The Bertz CT molecular complexity index is 650. The lowest BCUT2D eigenvalue weighted by molar-refractivity contribution is 0.0568. The van der Waals surface area contributed by atoms with Gasteiger partial charge in [-0.1, -0.05) is 0 Å². The van der Waals surface area contributed by atoms with Crippen LogP contribution in [0.2, 0.25) is 0 Å². The van der Waals surface area contributed by atoms with Gasteiger partial charge in [-0.3, -0.25) is 9.89 Å². The molecule has 0 aliphatic carbocycles. The summed E-state index contributed by atoms with van der Waals surface area (Å²) in [5, 5.41) is 7.86. The number of H-pyrrole nitrogens is 1. The zero-order chi connectivity index (χ0) is 14.3. The predicted molar refractivity (Wildman–Crippen MR) is 78.5 cm³/mol. The summed E-state index contributed by atoms with van der Waals surface area (Å²) in [6.45, 7) is 4.47. The Balaban J connectivity index is 1.91. The second-order valence-corrected chi connectivity index (χ2v) is 5.46. The number of likely N-dealkylation sites (N-methyl/N-ethyl adjacent to an activating group) is 1. The molecule has 6 heteroatoms. The summed E-state index contributed by atoms with van der Waals surface area (Å²) in [6.07, 6.45) is 0. The minimum atomic E-state index is -0.0261. The molecule has 1 aromatic heterocycles. The number of nitrogens with one attached hydrogen (secondary N) is 1. The minimum Gasteiger partial charge on any atom is -0.399 e. The molecule has 106 valence electrons. The van der Waals surface area contributed by atoms with Gasteiger partial charge in [0, 0.05) is 36.7 Å². The van der Waals surface area contributed by atoms with Crippen molar-refractivity contribution in [3.8, 4) is 0 Å². The molecule has 0 saturated carbocycles. The third-order valence-corrected chi connectivity index (χ3v) is 4.04. The van der Waals surface area contributed by atoms with E-state index in [2.05, 4.69) is 29.1 Å². The molecule has 1 fully saturated rings. The Morgan fingerprint density at radius 3 is 3.00 bits per heavy atom. The molecule has 1 atom stereocenters. The minimum absolute atomic E-state index is 0.0261. The van der Waals surface area contributed by atoms with Crippen LogP contribution in [0.1, 0.15) is 17.4 Å². The lowest BCUT2D eigenvalue weighted by Gasteiger charge is -2.37. The number of nitrogens with zero attached hydrogens (tertiary/aromatic N) is 3. The van der Waals surface area contributed by atoms with E-state index in [1.165, 1.54) is 0 Å². The zero-order valence-corrected chi connectivity index (χ0v) is 11.8. The van der Waals surface area contributed by atoms with E-state index >= 15 is 0 Å². The number of hydrogen-bond donors (Lipinski definition) is 2. The van der Waals surface area contributed by atoms with Gasteiger partial charge in [0.15, 0.2) is 5.69 Å². The normalized spacial score (nSPS) is 20.5. The molecule has 1 saturated heterocycles. The van der Waals surface area contributed by atoms with Gasteiger partial charge in [-0.2, -0.15) is 5.10 Å². The van der Waals surface area contributed by atoms with Crippen LogP contribution in [0.4, 0.5) is 5.69 Å². The number of carbonyl (C=O) groups is 1. The molecule has 1 unspecified atom stereocenters. The summed E-state index contributed by atoms with van der Waals surface area (Å²) < 4.78 is 0. The fourth-order valence-electron chi connectivity index (χ4n) is 2.58. The number of piperazine rings is 1. The van der Waals surface area contributed by atoms with Crippen molar-refractivity contribution in [2.75, 3.05) is 32.4 Å². The molecule has 0 radical (unpaired) electrons. The predicted octanol–water partition coefficient (Wildman–Crippen LogP) is 0.921. The third-order valence-electron chi connectivity index (χ3n) is 4.04. The molecule has 3 N–H and O–H groups in total. The highest BCUT2D eigenvalue weighted by atomic mass is 16.2. The van der Waals surface area contributed by atoms with Crippen LogP contribution in [0.15, 0.2) is 18.2 Å². The molecule has 20 heavy (non-hydrogen) atoms. The third kappa shape index (κ3) is 2.12. The molecule has 0 spiro atoms. The summed E-state index contributed by atoms with van der Waals surface area (Å²) in [5.74, 6) is -0.0261. The lowest BCUT2D eigenvalue weighted by atomic mass is 10.1. The van der Waals surface area contributed by atoms with Crippen molar-refractivity contribution in [2.24, 2.45) is 0 Å². The Morgan fingerprint density at radius 1 is 1.45 bits per heavy atom. The molecule has 2 heterocycles. The standard InChI is InChI=1S/C14H19N5O/c1-9-8-19(6-5-18(9)2)14(20)13-11-7-10(15)3-4-12(11)16-17-13/h3-4,7,9H,5-6,8,15H2,1-2H3,(H,16,17). The van der Waals surface area contributed by atoms with Gasteiger partial charge in [0.1, 0.15) is 0 Å². The van der Waals surface area contributed by atoms with Crippen molar-refractivity contribution in [3.63, 3.8) is 0 Å². The molecule has 0 bridgehead atoms. The van der Waals surface area contributed by atoms with Crippen molar-refractivity contribution in [1.82, 2.24) is 20.0 Å². The quantitative estimate of drug-likeness (QED) is 0.757. The monoisotopic (exact) mass is 273 g/mol. The molecule has 1 aromatic carbocycles. The molecular formula is C14H19N5O. The first-order valence-electron chi connectivity index (χ1n) is 6.79. The van der Waals surface area contributed by atoms with Crippen LogP contribution < -0.4 is 5.73 Å². The second-order valence-electron chi connectivity index (χ2n) is 5.46. The maximum atomic E-state index is 12.6. The van der Waals surface area contributed by atoms with Crippen LogP contribution in [0, 0.1) is 0 Å². The van der Waals surface area contributed by atoms with E-state index in [0.717, 1.165) is 30.5 Å². The summed E-state index contributed by atoms with van der Waals surface area (Å²) >= 11 is 0. The number of amides is 1. The fourth-order valence-corrected chi connectivity index (χ4v) is 2.58. The van der Waals surface area contributed by atoms with Gasteiger partial charge >= 0.3 is 0 Å². The average molecular weight is 273 g/mol. The number of rotatable bonds is 1. The number of anilines is 1. The van der Waals surface area contributed by atoms with Gasteiger partial charge in [0.25, 0.3) is 5.91 Å². The van der Waals surface area contributed by atoms with Crippen molar-refractivity contribution in [1.29, 1.82) is 0 Å². The highest BCUT2D eigenvalue weighted by molar-refractivity contribution is 6.05. The van der Waals surface area contributed by atoms with E-state index < -0.39 is 0 Å². The smallest absolute Gasteiger partial charge is 0.275 e. The molecule has 1 aliphatic rings. The summed E-state index contributed by atoms with van der Waals surface area (Å²) in [7, 11) is 2.08. The largest absolute Gasteiger partial charge is 0.399 e. The van der Waals surface area contributed by atoms with Crippen LogP contribution in [0.3, 0.4) is 0 Å². The first-order chi connectivity index (χ1) is 9.56. The van der Waals surface area contributed by atoms with Crippen LogP contribution in [-0.2, 0) is 0 Å². The molecule has 1 aliphatic heterocycles. The van der Waals surface area contributed by atoms with Gasteiger partial charge in [-0.05, 0) is 32.2 Å². The van der Waals surface area contributed by atoms with Crippen molar-refractivity contribution in [2.45, 2.75) is 13.0 Å². The van der Waals surface area contributed by atoms with Crippen LogP contribution in [0.25, 0.3) is 10.9 Å². The number of nitrogen functional groups attached to an aromatic ring is 1. The topological polar surface area (TPSA) is 78.2 Å². The highest BCUT2D eigenvalue weighted by Crippen LogP contribution is 2.21. The Kier molecular flexibility index (Phi) is 3.10. The van der Waals surface area contributed by atoms with Gasteiger partial charge in [-0.15, -0.1) is 0 Å². The van der Waals surface area contributed by atoms with Crippen molar-refractivity contribution in [3.05, 3.63) is 23.9 Å². The van der Waals surface area contributed by atoms with E-state index in [1.54, 1.807) is 12.1 Å². The van der Waals surface area contributed by atoms with Crippen LogP contribution >= 0.6 is 0 Å². The summed E-state index contributed by atoms with van der Waals surface area (Å²) in [6, 6.07) is 5.81. The van der Waals surface area contributed by atoms with E-state index in [-0.39, 0.29) is 5.91 Å². The average Bonchev–Trinajstić information content (AvgIpc) is 2.84. The number of hydrogen-bond acceptors (Lipinski definition) is 4. The number of nitrogens with two attached hydrogens (primary N) is 1. The maximum absolute atomic E-state index is 12.6. The second kappa shape index (κ2) is 4.79. The number of aromatic nitrogens is 2. The molecule has 3 rings (SSSR count). The SMILES string of the molecule is CC1CN(C(=O)c2n[nH]c3ccc(N)cc23)CCN1C. The highest BCUT2D eigenvalue weighted by Gasteiger charge is 2.27. The molecule has 2 aromatic rings. The van der Waals surface area contributed by atoms with E-state index in [4.69, 9.17) is 5.73 Å². The Morgan fingerprint density at radius 2 is 2.25 bits per heavy atom. The first-order valence-corrected chi connectivity index (χ1v) is 6.79. The summed E-state index contributed by atoms with van der Waals surface area (Å²) in [5.41, 5.74) is 7.74. The molecule has 6 nitrogen and oxygen atoms in total.